The SMILES string of the molecule is O=C(NCc1ccc(C(F)(F)F)cc1)C1CCCCN1C(=O)c1ccco1. The number of hydrogen-bond donors (Lipinski definition) is 1. The Morgan fingerprint density at radius 3 is 2.52 bits per heavy atom. The zero-order valence-electron chi connectivity index (χ0n) is 14.5. The summed E-state index contributed by atoms with van der Waals surface area (Å²) in [7, 11) is 0. The molecule has 144 valence electrons. The Morgan fingerprint density at radius 1 is 1.15 bits per heavy atom. The number of benzene rings is 1. The van der Waals surface area contributed by atoms with Crippen molar-refractivity contribution in [2.75, 3.05) is 6.54 Å². The molecule has 0 bridgehead atoms. The van der Waals surface area contributed by atoms with Crippen molar-refractivity contribution in [1.29, 1.82) is 0 Å². The molecule has 1 saturated heterocycles. The Balaban J connectivity index is 1.62. The summed E-state index contributed by atoms with van der Waals surface area (Å²) < 4.78 is 42.9. The Bertz CT molecular complexity index is 786. The molecule has 1 aromatic heterocycles. The lowest BCUT2D eigenvalue weighted by atomic mass is 10.0. The second-order valence-electron chi connectivity index (χ2n) is 6.40. The van der Waals surface area contributed by atoms with E-state index < -0.39 is 17.8 Å². The lowest BCUT2D eigenvalue weighted by Gasteiger charge is -2.34. The highest BCUT2D eigenvalue weighted by atomic mass is 19.4. The summed E-state index contributed by atoms with van der Waals surface area (Å²) >= 11 is 0. The van der Waals surface area contributed by atoms with Crippen LogP contribution in [0.3, 0.4) is 0 Å². The topological polar surface area (TPSA) is 62.6 Å². The van der Waals surface area contributed by atoms with E-state index in [1.54, 1.807) is 12.1 Å². The number of rotatable bonds is 4. The van der Waals surface area contributed by atoms with Crippen molar-refractivity contribution in [1.82, 2.24) is 10.2 Å². The van der Waals surface area contributed by atoms with Crippen LogP contribution in [0.1, 0.15) is 40.9 Å². The molecule has 1 N–H and O–H groups in total. The Labute approximate surface area is 154 Å². The molecule has 3 rings (SSSR count). The number of nitrogens with one attached hydrogen (secondary N) is 1. The monoisotopic (exact) mass is 380 g/mol. The van der Waals surface area contributed by atoms with Gasteiger partial charge in [-0.15, -0.1) is 0 Å². The van der Waals surface area contributed by atoms with Crippen molar-refractivity contribution in [3.63, 3.8) is 0 Å². The third kappa shape index (κ3) is 4.50. The molecular formula is C19H19F3N2O3. The zero-order chi connectivity index (χ0) is 19.4. The first-order valence-electron chi connectivity index (χ1n) is 8.64. The number of amides is 2. The van der Waals surface area contributed by atoms with Crippen LogP contribution in [0, 0.1) is 0 Å². The second kappa shape index (κ2) is 7.85. The van der Waals surface area contributed by atoms with Gasteiger partial charge in [0.2, 0.25) is 5.91 Å². The number of carbonyl (C=O) groups is 2. The van der Waals surface area contributed by atoms with Crippen LogP contribution in [0.15, 0.2) is 47.1 Å². The minimum absolute atomic E-state index is 0.0935. The summed E-state index contributed by atoms with van der Waals surface area (Å²) in [5, 5.41) is 2.71. The highest BCUT2D eigenvalue weighted by Gasteiger charge is 2.33. The van der Waals surface area contributed by atoms with Gasteiger partial charge in [-0.1, -0.05) is 12.1 Å². The molecule has 0 saturated carbocycles. The van der Waals surface area contributed by atoms with Crippen molar-refractivity contribution in [2.24, 2.45) is 0 Å². The van der Waals surface area contributed by atoms with Gasteiger partial charge in [0.1, 0.15) is 6.04 Å². The maximum atomic E-state index is 12.6. The van der Waals surface area contributed by atoms with Crippen molar-refractivity contribution < 1.29 is 27.2 Å². The van der Waals surface area contributed by atoms with Crippen LogP contribution in [0.5, 0.6) is 0 Å². The third-order valence-electron chi connectivity index (χ3n) is 4.55. The molecule has 0 spiro atoms. The number of halogens is 3. The summed E-state index contributed by atoms with van der Waals surface area (Å²) in [4.78, 5) is 26.6. The van der Waals surface area contributed by atoms with Crippen LogP contribution in [0.2, 0.25) is 0 Å². The maximum absolute atomic E-state index is 12.6. The van der Waals surface area contributed by atoms with E-state index in [1.165, 1.54) is 23.3 Å². The van der Waals surface area contributed by atoms with Crippen LogP contribution in [0.25, 0.3) is 0 Å². The number of hydrogen-bond acceptors (Lipinski definition) is 3. The molecular weight excluding hydrogens is 361 g/mol. The van der Waals surface area contributed by atoms with Crippen LogP contribution in [-0.2, 0) is 17.5 Å². The van der Waals surface area contributed by atoms with E-state index in [2.05, 4.69) is 5.32 Å². The van der Waals surface area contributed by atoms with Gasteiger partial charge in [-0.2, -0.15) is 13.2 Å². The average molecular weight is 380 g/mol. The Hall–Kier alpha value is -2.77. The summed E-state index contributed by atoms with van der Waals surface area (Å²) in [6.45, 7) is 0.550. The van der Waals surface area contributed by atoms with Crippen molar-refractivity contribution in [3.05, 3.63) is 59.5 Å². The van der Waals surface area contributed by atoms with Crippen LogP contribution < -0.4 is 5.32 Å². The minimum Gasteiger partial charge on any atom is -0.459 e. The van der Waals surface area contributed by atoms with Gasteiger partial charge >= 0.3 is 6.18 Å². The second-order valence-corrected chi connectivity index (χ2v) is 6.40. The summed E-state index contributed by atoms with van der Waals surface area (Å²) in [5.41, 5.74) is -0.184. The van der Waals surface area contributed by atoms with E-state index in [-0.39, 0.29) is 24.1 Å². The number of nitrogens with zero attached hydrogens (tertiary/aromatic N) is 1. The molecule has 1 atom stereocenters. The van der Waals surface area contributed by atoms with Gasteiger partial charge in [0, 0.05) is 13.1 Å². The fraction of sp³-hybridized carbons (Fsp3) is 0.368. The number of carbonyl (C=O) groups excluding carboxylic acids is 2. The summed E-state index contributed by atoms with van der Waals surface area (Å²) in [6.07, 6.45) is -0.839. The highest BCUT2D eigenvalue weighted by Crippen LogP contribution is 2.29. The fourth-order valence-corrected chi connectivity index (χ4v) is 3.11. The lowest BCUT2D eigenvalue weighted by Crippen LogP contribution is -2.51. The molecule has 8 heteroatoms. The predicted molar refractivity (Wildman–Crippen MR) is 90.7 cm³/mol. The number of likely N-dealkylation sites (tertiary alicyclic amines) is 1. The van der Waals surface area contributed by atoms with Crippen molar-refractivity contribution >= 4 is 11.8 Å². The Kier molecular flexibility index (Phi) is 5.53. The van der Waals surface area contributed by atoms with Crippen LogP contribution >= 0.6 is 0 Å². The highest BCUT2D eigenvalue weighted by molar-refractivity contribution is 5.95. The van der Waals surface area contributed by atoms with Gasteiger partial charge in [-0.05, 0) is 49.1 Å². The first-order chi connectivity index (χ1) is 12.9. The van der Waals surface area contributed by atoms with Gasteiger partial charge in [0.25, 0.3) is 5.91 Å². The van der Waals surface area contributed by atoms with Gasteiger partial charge in [0.15, 0.2) is 5.76 Å². The van der Waals surface area contributed by atoms with E-state index in [4.69, 9.17) is 4.42 Å². The van der Waals surface area contributed by atoms with E-state index in [0.717, 1.165) is 25.0 Å². The average Bonchev–Trinajstić information content (AvgIpc) is 3.20. The Morgan fingerprint density at radius 2 is 1.89 bits per heavy atom. The molecule has 2 heterocycles. The van der Waals surface area contributed by atoms with Gasteiger partial charge < -0.3 is 14.6 Å². The third-order valence-corrected chi connectivity index (χ3v) is 4.55. The zero-order valence-corrected chi connectivity index (χ0v) is 14.5. The van der Waals surface area contributed by atoms with Crippen LogP contribution in [0.4, 0.5) is 13.2 Å². The first-order valence-corrected chi connectivity index (χ1v) is 8.64. The summed E-state index contributed by atoms with van der Waals surface area (Å²) in [6, 6.07) is 7.16. The molecule has 0 radical (unpaired) electrons. The van der Waals surface area contributed by atoms with E-state index in [9.17, 15) is 22.8 Å². The van der Waals surface area contributed by atoms with Crippen molar-refractivity contribution in [2.45, 2.75) is 38.0 Å². The van der Waals surface area contributed by atoms with E-state index >= 15 is 0 Å². The molecule has 1 aromatic carbocycles. The molecule has 1 fully saturated rings. The maximum Gasteiger partial charge on any atom is 0.416 e. The molecule has 1 aliphatic rings. The minimum atomic E-state index is -4.39. The standard InChI is InChI=1S/C19H19F3N2O3/c20-19(21,22)14-8-6-13(7-9-14)12-23-17(25)15-4-1-2-10-24(15)18(26)16-5-3-11-27-16/h3,5-9,11,15H,1-2,4,10,12H2,(H,23,25). The molecule has 2 aromatic rings. The predicted octanol–water partition coefficient (Wildman–Crippen LogP) is 3.61. The fourth-order valence-electron chi connectivity index (χ4n) is 3.11. The summed E-state index contributed by atoms with van der Waals surface area (Å²) in [5.74, 6) is -0.485. The molecule has 1 unspecified atom stereocenters. The normalized spacial score (nSPS) is 17.6. The quantitative estimate of drug-likeness (QED) is 0.882. The first kappa shape index (κ1) is 19.0. The van der Waals surface area contributed by atoms with Gasteiger partial charge in [0.05, 0.1) is 11.8 Å². The largest absolute Gasteiger partial charge is 0.459 e. The van der Waals surface area contributed by atoms with E-state index in [1.807, 2.05) is 0 Å². The van der Waals surface area contributed by atoms with E-state index in [0.29, 0.717) is 18.5 Å². The number of piperidine rings is 1. The molecule has 27 heavy (non-hydrogen) atoms. The molecule has 1 aliphatic heterocycles. The smallest absolute Gasteiger partial charge is 0.416 e. The van der Waals surface area contributed by atoms with Gasteiger partial charge in [-0.3, -0.25) is 9.59 Å². The number of furan rings is 1. The molecule has 0 aliphatic carbocycles. The lowest BCUT2D eigenvalue weighted by molar-refractivity contribution is -0.137. The molecule has 2 amide bonds. The van der Waals surface area contributed by atoms with Gasteiger partial charge in [-0.25, -0.2) is 0 Å². The van der Waals surface area contributed by atoms with Crippen molar-refractivity contribution in [3.8, 4) is 0 Å². The molecule has 5 nitrogen and oxygen atoms in total. The van der Waals surface area contributed by atoms with Crippen LogP contribution in [-0.4, -0.2) is 29.3 Å². The number of alkyl halides is 3.